The molecule has 1 aromatic carbocycles. The highest BCUT2D eigenvalue weighted by molar-refractivity contribution is 7.90. The molecule has 0 atom stereocenters. The Balaban J connectivity index is 1.75. The van der Waals surface area contributed by atoms with Crippen molar-refractivity contribution < 1.29 is 22.7 Å². The van der Waals surface area contributed by atoms with Gasteiger partial charge in [0.1, 0.15) is 21.2 Å². The number of para-hydroxylation sites is 1. The zero-order valence-corrected chi connectivity index (χ0v) is 21.5. The Morgan fingerprint density at radius 3 is 2.57 bits per heavy atom. The average molecular weight is 503 g/mol. The van der Waals surface area contributed by atoms with Crippen molar-refractivity contribution in [3.63, 3.8) is 0 Å². The van der Waals surface area contributed by atoms with E-state index in [1.807, 2.05) is 36.1 Å². The molecule has 1 fully saturated rings. The smallest absolute Gasteiger partial charge is 0.219 e. The van der Waals surface area contributed by atoms with Crippen LogP contribution in [-0.2, 0) is 37.1 Å². The van der Waals surface area contributed by atoms with E-state index in [1.54, 1.807) is 13.1 Å². The Hall–Kier alpha value is -2.56. The van der Waals surface area contributed by atoms with E-state index in [0.717, 1.165) is 27.8 Å². The highest BCUT2D eigenvalue weighted by Crippen LogP contribution is 2.33. The second-order valence-corrected chi connectivity index (χ2v) is 11.5. The standard InChI is InChI=1S/C25H34N4O5S/c1-4-33-14-9-23-27-22-17-26-21-8-6-5-7-20(21)24(22)29(23)18-25(34-15-16-35(3,31)32)10-12-28(13-11-25)19(2)30/h5-8,17H,4,9-16,18H2,1-3H3. The lowest BCUT2D eigenvalue weighted by Crippen LogP contribution is -2.50. The van der Waals surface area contributed by atoms with Crippen LogP contribution in [0.15, 0.2) is 30.5 Å². The minimum atomic E-state index is -3.16. The summed E-state index contributed by atoms with van der Waals surface area (Å²) < 4.78 is 37.8. The fraction of sp³-hybridized carbons (Fsp3) is 0.560. The van der Waals surface area contributed by atoms with Crippen molar-refractivity contribution in [3.05, 3.63) is 36.3 Å². The van der Waals surface area contributed by atoms with Gasteiger partial charge in [-0.05, 0) is 25.8 Å². The predicted molar refractivity (Wildman–Crippen MR) is 135 cm³/mol. The molecule has 1 aliphatic heterocycles. The topological polar surface area (TPSA) is 104 Å². The number of nitrogens with zero attached hydrogens (tertiary/aromatic N) is 4. The average Bonchev–Trinajstić information content (AvgIpc) is 3.16. The van der Waals surface area contributed by atoms with Crippen molar-refractivity contribution in [1.29, 1.82) is 0 Å². The molecule has 3 aromatic rings. The maximum Gasteiger partial charge on any atom is 0.219 e. The summed E-state index contributed by atoms with van der Waals surface area (Å²) in [5.41, 5.74) is 2.07. The van der Waals surface area contributed by atoms with Gasteiger partial charge in [0.2, 0.25) is 5.91 Å². The van der Waals surface area contributed by atoms with E-state index in [-0.39, 0.29) is 18.3 Å². The summed E-state index contributed by atoms with van der Waals surface area (Å²) in [5.74, 6) is 0.879. The van der Waals surface area contributed by atoms with Gasteiger partial charge in [-0.15, -0.1) is 0 Å². The summed E-state index contributed by atoms with van der Waals surface area (Å²) in [7, 11) is -3.16. The molecule has 1 aliphatic rings. The first-order chi connectivity index (χ1) is 16.7. The van der Waals surface area contributed by atoms with Crippen molar-refractivity contribution in [1.82, 2.24) is 19.4 Å². The number of carbonyl (C=O) groups excluding carboxylic acids is 1. The van der Waals surface area contributed by atoms with Gasteiger partial charge in [0.05, 0.1) is 48.3 Å². The zero-order chi connectivity index (χ0) is 25.1. The number of hydrogen-bond acceptors (Lipinski definition) is 7. The third kappa shape index (κ3) is 5.99. The molecule has 1 saturated heterocycles. The quantitative estimate of drug-likeness (QED) is 0.393. The molecule has 2 aromatic heterocycles. The Labute approximate surface area is 206 Å². The molecule has 35 heavy (non-hydrogen) atoms. The minimum Gasteiger partial charge on any atom is -0.381 e. The first-order valence-corrected chi connectivity index (χ1v) is 14.2. The molecule has 10 heteroatoms. The maximum atomic E-state index is 12.0. The summed E-state index contributed by atoms with van der Waals surface area (Å²) in [6, 6.07) is 7.98. The van der Waals surface area contributed by atoms with Crippen LogP contribution in [0.3, 0.4) is 0 Å². The molecular weight excluding hydrogens is 468 g/mol. The number of carbonyl (C=O) groups is 1. The van der Waals surface area contributed by atoms with Crippen molar-refractivity contribution in [2.75, 3.05) is 44.9 Å². The van der Waals surface area contributed by atoms with E-state index in [4.69, 9.17) is 14.5 Å². The lowest BCUT2D eigenvalue weighted by molar-refractivity contribution is -0.137. The van der Waals surface area contributed by atoms with E-state index in [1.165, 1.54) is 6.26 Å². The summed E-state index contributed by atoms with van der Waals surface area (Å²) in [6.45, 7) is 6.47. The van der Waals surface area contributed by atoms with Crippen LogP contribution in [0, 0.1) is 0 Å². The van der Waals surface area contributed by atoms with Crippen molar-refractivity contribution >= 4 is 37.7 Å². The molecule has 4 rings (SSSR count). The Kier molecular flexibility index (Phi) is 7.73. The van der Waals surface area contributed by atoms with Crippen molar-refractivity contribution in [3.8, 4) is 0 Å². The van der Waals surface area contributed by atoms with Gasteiger partial charge in [0, 0.05) is 44.7 Å². The lowest BCUT2D eigenvalue weighted by atomic mass is 9.90. The summed E-state index contributed by atoms with van der Waals surface area (Å²) in [6.07, 6.45) is 4.88. The van der Waals surface area contributed by atoms with Crippen LogP contribution in [0.4, 0.5) is 0 Å². The Morgan fingerprint density at radius 2 is 1.89 bits per heavy atom. The number of ether oxygens (including phenoxy) is 2. The van der Waals surface area contributed by atoms with E-state index in [2.05, 4.69) is 9.55 Å². The van der Waals surface area contributed by atoms with Crippen LogP contribution >= 0.6 is 0 Å². The Morgan fingerprint density at radius 1 is 1.14 bits per heavy atom. The molecule has 0 unspecified atom stereocenters. The van der Waals surface area contributed by atoms with Gasteiger partial charge in [-0.2, -0.15) is 0 Å². The number of imidazole rings is 1. The number of likely N-dealkylation sites (tertiary alicyclic amines) is 1. The van der Waals surface area contributed by atoms with E-state index >= 15 is 0 Å². The molecule has 1 amide bonds. The molecule has 0 aliphatic carbocycles. The third-order valence-electron chi connectivity index (χ3n) is 6.66. The van der Waals surface area contributed by atoms with E-state index in [9.17, 15) is 13.2 Å². The van der Waals surface area contributed by atoms with Gasteiger partial charge in [0.15, 0.2) is 0 Å². The third-order valence-corrected chi connectivity index (χ3v) is 7.57. The maximum absolute atomic E-state index is 12.0. The lowest BCUT2D eigenvalue weighted by Gasteiger charge is -2.42. The predicted octanol–water partition coefficient (Wildman–Crippen LogP) is 2.61. The van der Waals surface area contributed by atoms with Gasteiger partial charge in [-0.1, -0.05) is 18.2 Å². The molecule has 9 nitrogen and oxygen atoms in total. The van der Waals surface area contributed by atoms with Crippen LogP contribution in [0.1, 0.15) is 32.5 Å². The first-order valence-electron chi connectivity index (χ1n) is 12.1. The minimum absolute atomic E-state index is 0.0392. The first kappa shape index (κ1) is 25.5. The number of piperidine rings is 1. The monoisotopic (exact) mass is 502 g/mol. The summed E-state index contributed by atoms with van der Waals surface area (Å²) in [4.78, 5) is 23.3. The van der Waals surface area contributed by atoms with Gasteiger partial charge in [-0.25, -0.2) is 13.4 Å². The molecule has 0 radical (unpaired) electrons. The van der Waals surface area contributed by atoms with Crippen molar-refractivity contribution in [2.45, 2.75) is 45.3 Å². The number of fused-ring (bicyclic) bond motifs is 3. The highest BCUT2D eigenvalue weighted by atomic mass is 32.2. The van der Waals surface area contributed by atoms with Crippen LogP contribution < -0.4 is 0 Å². The fourth-order valence-corrected chi connectivity index (χ4v) is 5.14. The van der Waals surface area contributed by atoms with E-state index < -0.39 is 15.4 Å². The molecule has 0 bridgehead atoms. The second-order valence-electron chi connectivity index (χ2n) is 9.24. The van der Waals surface area contributed by atoms with Gasteiger partial charge < -0.3 is 18.9 Å². The van der Waals surface area contributed by atoms with Gasteiger partial charge >= 0.3 is 0 Å². The SMILES string of the molecule is CCOCCc1nc2cnc3ccccc3c2n1CC1(OCCS(C)(=O)=O)CCN(C(C)=O)CC1. The number of pyridine rings is 1. The van der Waals surface area contributed by atoms with Crippen LogP contribution in [0.25, 0.3) is 21.9 Å². The molecule has 0 saturated carbocycles. The number of amides is 1. The zero-order valence-electron chi connectivity index (χ0n) is 20.7. The summed E-state index contributed by atoms with van der Waals surface area (Å²) in [5, 5.41) is 1.01. The molecule has 0 spiro atoms. The molecular formula is C25H34N4O5S. The van der Waals surface area contributed by atoms with Gasteiger partial charge in [0.25, 0.3) is 0 Å². The van der Waals surface area contributed by atoms with Gasteiger partial charge in [-0.3, -0.25) is 9.78 Å². The molecule has 0 N–H and O–H groups in total. The Bertz CT molecular complexity index is 1300. The van der Waals surface area contributed by atoms with Crippen LogP contribution in [0.5, 0.6) is 0 Å². The molecule has 190 valence electrons. The highest BCUT2D eigenvalue weighted by Gasteiger charge is 2.38. The normalized spacial score (nSPS) is 16.3. The van der Waals surface area contributed by atoms with Crippen LogP contribution in [0.2, 0.25) is 0 Å². The second kappa shape index (κ2) is 10.6. The van der Waals surface area contributed by atoms with Crippen LogP contribution in [-0.4, -0.2) is 84.3 Å². The molecule has 3 heterocycles. The van der Waals surface area contributed by atoms with Crippen molar-refractivity contribution in [2.24, 2.45) is 0 Å². The number of aromatic nitrogens is 3. The number of benzene rings is 1. The number of sulfone groups is 1. The number of rotatable bonds is 10. The van der Waals surface area contributed by atoms with E-state index in [0.29, 0.717) is 52.1 Å². The number of hydrogen-bond donors (Lipinski definition) is 0. The fourth-order valence-electron chi connectivity index (χ4n) is 4.75. The summed E-state index contributed by atoms with van der Waals surface area (Å²) >= 11 is 0. The largest absolute Gasteiger partial charge is 0.381 e.